The number of carboxylic acid groups (broad SMARTS) is 1. The molecule has 2 atom stereocenters. The number of esters is 1. The van der Waals surface area contributed by atoms with Crippen molar-refractivity contribution in [2.45, 2.75) is 126 Å². The molecule has 2 unspecified atom stereocenters. The number of nitrogens with zero attached hydrogens (tertiary/aromatic N) is 2. The van der Waals surface area contributed by atoms with Gasteiger partial charge in [0.2, 0.25) is 10.9 Å². The fourth-order valence-corrected chi connectivity index (χ4v) is 9.99. The molecule has 6 rings (SSSR count). The van der Waals surface area contributed by atoms with Crippen molar-refractivity contribution in [3.8, 4) is 11.5 Å². The van der Waals surface area contributed by atoms with E-state index in [0.29, 0.717) is 63.4 Å². The van der Waals surface area contributed by atoms with Crippen molar-refractivity contribution < 1.29 is 47.2 Å². The standard InChI is InChI=1S/C33H45ClFNO5Si.C25H27ClFNO5/c1-11-39-26-18-21(16-22-14-13-15-25(34)28(22)35)17-23-29(26)36(19-24(30(23)37)31(38)40-12-2)27(32(3,4)5)20-41-42(9,10)33(6,7)8;1-5-33-19-11-14(9-15-7-6-8-18(26)21(15)27)10-16-22(19)28(20(13-29)25(2,3)4)12-17(23(16)30)24(31)32/h13-15,17-19,27H,11-12,16,20H2,1-10H3;6-8,10-12,20,29H,5,9,13H2,1-4H3,(H,31,32). The molecule has 0 aliphatic heterocycles. The number of aromatic carboxylic acids is 1. The smallest absolute Gasteiger partial charge is 0.343 e. The highest BCUT2D eigenvalue weighted by Gasteiger charge is 2.40. The van der Waals surface area contributed by atoms with Crippen LogP contribution in [-0.2, 0) is 22.0 Å². The lowest BCUT2D eigenvalue weighted by atomic mass is 9.86. The Morgan fingerprint density at radius 1 is 0.667 bits per heavy atom. The maximum absolute atomic E-state index is 14.8. The Labute approximate surface area is 449 Å². The fraction of sp³-hybridized carbons (Fsp3) is 0.448. The van der Waals surface area contributed by atoms with Gasteiger partial charge in [0.05, 0.1) is 77.0 Å². The van der Waals surface area contributed by atoms with Gasteiger partial charge in [0.15, 0.2) is 8.32 Å². The maximum atomic E-state index is 14.8. The van der Waals surface area contributed by atoms with E-state index in [1.54, 1.807) is 67.1 Å². The second-order valence-corrected chi connectivity index (χ2v) is 27.9. The third-order valence-corrected chi connectivity index (χ3v) is 18.8. The number of carboxylic acids is 1. The molecule has 0 aliphatic carbocycles. The number of hydrogen-bond acceptors (Lipinski definition) is 9. The number of ether oxygens (including phenoxy) is 3. The number of halogens is 4. The Morgan fingerprint density at radius 3 is 1.48 bits per heavy atom. The van der Waals surface area contributed by atoms with Crippen LogP contribution in [0.5, 0.6) is 11.5 Å². The van der Waals surface area contributed by atoms with Crippen LogP contribution in [0.2, 0.25) is 28.2 Å². The van der Waals surface area contributed by atoms with Crippen LogP contribution in [0, 0.1) is 22.5 Å². The maximum Gasteiger partial charge on any atom is 0.343 e. The number of carbonyl (C=O) groups is 2. The van der Waals surface area contributed by atoms with E-state index in [2.05, 4.69) is 54.6 Å². The van der Waals surface area contributed by atoms with Crippen molar-refractivity contribution in [1.82, 2.24) is 9.13 Å². The summed E-state index contributed by atoms with van der Waals surface area (Å²) < 4.78 is 56.9. The molecular weight excluding hydrogens is 1020 g/mol. The molecule has 0 amide bonds. The van der Waals surface area contributed by atoms with Gasteiger partial charge in [-0.3, -0.25) is 9.59 Å². The van der Waals surface area contributed by atoms with Gasteiger partial charge in [-0.25, -0.2) is 18.4 Å². The quantitative estimate of drug-likeness (QED) is 0.0666. The topological polar surface area (TPSA) is 156 Å². The number of hydrogen-bond donors (Lipinski definition) is 2. The van der Waals surface area contributed by atoms with Gasteiger partial charge in [-0.05, 0) is 108 Å². The Bertz CT molecular complexity index is 3190. The van der Waals surface area contributed by atoms with Crippen molar-refractivity contribution in [2.75, 3.05) is 33.0 Å². The van der Waals surface area contributed by atoms with Crippen molar-refractivity contribution >= 4 is 65.3 Å². The zero-order valence-electron chi connectivity index (χ0n) is 45.6. The summed E-state index contributed by atoms with van der Waals surface area (Å²) in [4.78, 5) is 52.0. The van der Waals surface area contributed by atoms with Crippen molar-refractivity contribution in [2.24, 2.45) is 10.8 Å². The first-order valence-electron chi connectivity index (χ1n) is 25.1. The molecule has 17 heteroatoms. The van der Waals surface area contributed by atoms with Crippen LogP contribution < -0.4 is 20.3 Å². The highest BCUT2D eigenvalue weighted by Crippen LogP contribution is 2.42. The summed E-state index contributed by atoms with van der Waals surface area (Å²) in [7, 11) is -2.14. The Balaban J connectivity index is 0.000000285. The molecule has 2 N–H and O–H groups in total. The molecule has 12 nitrogen and oxygen atoms in total. The Hall–Kier alpha value is -5.58. The molecule has 0 fully saturated rings. The summed E-state index contributed by atoms with van der Waals surface area (Å²) in [5.41, 5.74) is 0.472. The molecule has 0 spiro atoms. The molecule has 6 aromatic rings. The number of carbonyl (C=O) groups excluding carboxylic acids is 1. The minimum Gasteiger partial charge on any atom is -0.492 e. The first-order valence-corrected chi connectivity index (χ1v) is 28.8. The van der Waals surface area contributed by atoms with Crippen LogP contribution in [0.4, 0.5) is 8.78 Å². The molecular formula is C58H72Cl2F2N2O10Si. The highest BCUT2D eigenvalue weighted by atomic mass is 35.5. The second-order valence-electron chi connectivity index (χ2n) is 22.2. The van der Waals surface area contributed by atoms with Crippen molar-refractivity contribution in [1.29, 1.82) is 0 Å². The predicted octanol–water partition coefficient (Wildman–Crippen LogP) is 13.6. The molecule has 0 radical (unpaired) electrons. The number of benzene rings is 4. The van der Waals surface area contributed by atoms with E-state index in [1.165, 1.54) is 18.3 Å². The number of aliphatic hydroxyl groups excluding tert-OH is 1. The first kappa shape index (κ1) is 60.3. The summed E-state index contributed by atoms with van der Waals surface area (Å²) in [6, 6.07) is 15.5. The SMILES string of the molecule is CCOC(=O)c1cn(C(CO[Si](C)(C)C(C)(C)C)C(C)(C)C)c2c(OCC)cc(Cc3cccc(Cl)c3F)cc2c1=O.CCOc1cc(Cc2cccc(Cl)c2F)cc2c(=O)c(C(=O)O)cn(C(CO)C(C)(C)C)c12. The monoisotopic (exact) mass is 1090 g/mol. The van der Waals surface area contributed by atoms with Gasteiger partial charge >= 0.3 is 11.9 Å². The molecule has 4 aromatic carbocycles. The summed E-state index contributed by atoms with van der Waals surface area (Å²) in [6.07, 6.45) is 3.16. The largest absolute Gasteiger partial charge is 0.492 e. The molecule has 75 heavy (non-hydrogen) atoms. The van der Waals surface area contributed by atoms with Gasteiger partial charge in [0.1, 0.15) is 34.3 Å². The van der Waals surface area contributed by atoms with E-state index < -0.39 is 59.8 Å². The minimum atomic E-state index is -2.14. The third-order valence-electron chi connectivity index (χ3n) is 13.7. The molecule has 0 bridgehead atoms. The van der Waals surface area contributed by atoms with E-state index in [9.17, 15) is 38.2 Å². The first-order chi connectivity index (χ1) is 34.9. The van der Waals surface area contributed by atoms with E-state index in [0.717, 1.165) is 0 Å². The van der Waals surface area contributed by atoms with Crippen molar-refractivity contribution in [3.63, 3.8) is 0 Å². The van der Waals surface area contributed by atoms with E-state index in [-0.39, 0.29) is 70.2 Å². The lowest BCUT2D eigenvalue weighted by Crippen LogP contribution is -2.43. The van der Waals surface area contributed by atoms with Gasteiger partial charge in [-0.15, -0.1) is 0 Å². The van der Waals surface area contributed by atoms with Crippen molar-refractivity contribution in [3.05, 3.63) is 149 Å². The molecule has 0 aliphatic rings. The second kappa shape index (κ2) is 24.2. The lowest BCUT2D eigenvalue weighted by molar-refractivity contribution is 0.0522. The molecule has 2 heterocycles. The van der Waals surface area contributed by atoms with Gasteiger partial charge in [-0.2, -0.15) is 0 Å². The average Bonchev–Trinajstić information content (AvgIpc) is 3.30. The van der Waals surface area contributed by atoms with Gasteiger partial charge < -0.3 is 38.0 Å². The minimum absolute atomic E-state index is 0.00186. The average molecular weight is 1090 g/mol. The lowest BCUT2D eigenvalue weighted by Gasteiger charge is -2.41. The van der Waals surface area contributed by atoms with Crippen LogP contribution >= 0.6 is 23.2 Å². The number of aliphatic hydroxyl groups is 1. The number of fused-ring (bicyclic) bond motifs is 2. The van der Waals surface area contributed by atoms with E-state index in [4.69, 9.17) is 41.8 Å². The zero-order chi connectivity index (χ0) is 56.1. The zero-order valence-corrected chi connectivity index (χ0v) is 48.1. The van der Waals surface area contributed by atoms with Crippen LogP contribution in [0.25, 0.3) is 21.8 Å². The summed E-state index contributed by atoms with van der Waals surface area (Å²) in [5, 5.41) is 20.3. The Morgan fingerprint density at radius 2 is 1.09 bits per heavy atom. The van der Waals surface area contributed by atoms with Crippen LogP contribution in [0.15, 0.2) is 82.6 Å². The predicted molar refractivity (Wildman–Crippen MR) is 297 cm³/mol. The van der Waals surface area contributed by atoms with Gasteiger partial charge in [-0.1, -0.05) is 110 Å². The molecule has 2 aromatic heterocycles. The summed E-state index contributed by atoms with van der Waals surface area (Å²) in [5.74, 6) is -2.30. The third kappa shape index (κ3) is 13.7. The number of rotatable bonds is 17. The van der Waals surface area contributed by atoms with Crippen LogP contribution in [0.1, 0.15) is 138 Å². The van der Waals surface area contributed by atoms with E-state index >= 15 is 0 Å². The Kier molecular flexibility index (Phi) is 19.4. The van der Waals surface area contributed by atoms with Crippen LogP contribution in [0.3, 0.4) is 0 Å². The molecule has 406 valence electrons. The van der Waals surface area contributed by atoms with Gasteiger partial charge in [0.25, 0.3) is 0 Å². The normalized spacial score (nSPS) is 13.1. The summed E-state index contributed by atoms with van der Waals surface area (Å²) >= 11 is 12.0. The fourth-order valence-electron chi connectivity index (χ4n) is 8.60. The summed E-state index contributed by atoms with van der Waals surface area (Å²) in [6.45, 7) is 29.3. The molecule has 0 saturated carbocycles. The van der Waals surface area contributed by atoms with Gasteiger partial charge in [0, 0.05) is 25.2 Å². The van der Waals surface area contributed by atoms with Crippen LogP contribution in [-0.4, -0.2) is 72.6 Å². The van der Waals surface area contributed by atoms with E-state index in [1.807, 2.05) is 38.3 Å². The number of pyridine rings is 2. The molecule has 0 saturated heterocycles. The highest BCUT2D eigenvalue weighted by molar-refractivity contribution is 6.74. The number of aromatic nitrogens is 2.